The number of carboxylic acids is 1. The van der Waals surface area contributed by atoms with Gasteiger partial charge in [0.1, 0.15) is 0 Å². The zero-order valence-corrected chi connectivity index (χ0v) is 12.6. The summed E-state index contributed by atoms with van der Waals surface area (Å²) in [4.78, 5) is 24.9. The highest BCUT2D eigenvalue weighted by Gasteiger charge is 2.34. The van der Waals surface area contributed by atoms with Gasteiger partial charge in [-0.3, -0.25) is 4.79 Å². The lowest BCUT2D eigenvalue weighted by Crippen LogP contribution is -2.47. The molecule has 1 aliphatic rings. The first-order chi connectivity index (χ1) is 9.60. The number of carbonyl (C=O) groups excluding carboxylic acids is 1. The lowest BCUT2D eigenvalue weighted by atomic mass is 9.88. The third kappa shape index (κ3) is 5.02. The number of likely N-dealkylation sites (tertiary alicyclic amines) is 1. The van der Waals surface area contributed by atoms with Gasteiger partial charge in [0.2, 0.25) is 0 Å². The molecule has 0 radical (unpaired) electrons. The summed E-state index contributed by atoms with van der Waals surface area (Å²) in [5.41, 5.74) is 0. The Labute approximate surface area is 121 Å². The summed E-state index contributed by atoms with van der Waals surface area (Å²) < 4.78 is 5.27. The minimum absolute atomic E-state index is 0.0129. The van der Waals surface area contributed by atoms with Crippen molar-refractivity contribution in [3.05, 3.63) is 0 Å². The molecule has 0 aromatic heterocycles. The Hall–Kier alpha value is -1.26. The Morgan fingerprint density at radius 1 is 1.25 bits per heavy atom. The Morgan fingerprint density at radius 2 is 1.95 bits per heavy atom. The molecule has 20 heavy (non-hydrogen) atoms. The SMILES string of the molecule is CCCCOC(=O)N1CCC(C(=O)O)CC1CCCC. The second-order valence-corrected chi connectivity index (χ2v) is 5.52. The van der Waals surface area contributed by atoms with Gasteiger partial charge in [-0.25, -0.2) is 4.79 Å². The summed E-state index contributed by atoms with van der Waals surface area (Å²) in [5.74, 6) is -1.07. The maximum atomic E-state index is 12.1. The van der Waals surface area contributed by atoms with E-state index in [1.54, 1.807) is 4.90 Å². The lowest BCUT2D eigenvalue weighted by molar-refractivity contribution is -0.144. The van der Waals surface area contributed by atoms with E-state index in [1.807, 2.05) is 0 Å². The second-order valence-electron chi connectivity index (χ2n) is 5.52. The molecule has 5 heteroatoms. The van der Waals surface area contributed by atoms with E-state index in [1.165, 1.54) is 0 Å². The van der Waals surface area contributed by atoms with Crippen LogP contribution in [0.2, 0.25) is 0 Å². The molecule has 2 unspecified atom stereocenters. The van der Waals surface area contributed by atoms with E-state index in [-0.39, 0.29) is 18.1 Å². The van der Waals surface area contributed by atoms with Crippen LogP contribution in [-0.4, -0.2) is 41.3 Å². The van der Waals surface area contributed by atoms with E-state index < -0.39 is 5.97 Å². The molecule has 116 valence electrons. The van der Waals surface area contributed by atoms with Gasteiger partial charge in [-0.2, -0.15) is 0 Å². The molecular weight excluding hydrogens is 258 g/mol. The van der Waals surface area contributed by atoms with Crippen LogP contribution in [0.5, 0.6) is 0 Å². The molecule has 1 rings (SSSR count). The van der Waals surface area contributed by atoms with E-state index in [0.717, 1.165) is 32.1 Å². The average Bonchev–Trinajstić information content (AvgIpc) is 2.44. The highest BCUT2D eigenvalue weighted by molar-refractivity contribution is 5.72. The monoisotopic (exact) mass is 285 g/mol. The van der Waals surface area contributed by atoms with Gasteiger partial charge in [0.05, 0.1) is 12.5 Å². The molecular formula is C15H27NO4. The average molecular weight is 285 g/mol. The molecule has 1 heterocycles. The van der Waals surface area contributed by atoms with Crippen molar-refractivity contribution in [3.8, 4) is 0 Å². The highest BCUT2D eigenvalue weighted by atomic mass is 16.6. The molecule has 2 atom stereocenters. The number of amides is 1. The lowest BCUT2D eigenvalue weighted by Gasteiger charge is -2.37. The van der Waals surface area contributed by atoms with Crippen LogP contribution in [0.25, 0.3) is 0 Å². The Kier molecular flexibility index (Phi) is 7.41. The van der Waals surface area contributed by atoms with E-state index >= 15 is 0 Å². The fourth-order valence-corrected chi connectivity index (χ4v) is 2.62. The molecule has 1 fully saturated rings. The first-order valence-electron chi connectivity index (χ1n) is 7.76. The summed E-state index contributed by atoms with van der Waals surface area (Å²) in [7, 11) is 0. The fourth-order valence-electron chi connectivity index (χ4n) is 2.62. The molecule has 0 saturated carbocycles. The molecule has 5 nitrogen and oxygen atoms in total. The molecule has 0 bridgehead atoms. The van der Waals surface area contributed by atoms with Crippen LogP contribution in [0.4, 0.5) is 4.79 Å². The van der Waals surface area contributed by atoms with Crippen LogP contribution in [0.15, 0.2) is 0 Å². The summed E-state index contributed by atoms with van der Waals surface area (Å²) in [5, 5.41) is 9.14. The van der Waals surface area contributed by atoms with Crippen molar-refractivity contribution in [3.63, 3.8) is 0 Å². The molecule has 0 aromatic carbocycles. The van der Waals surface area contributed by atoms with E-state index in [9.17, 15) is 9.59 Å². The fraction of sp³-hybridized carbons (Fsp3) is 0.867. The number of piperidine rings is 1. The van der Waals surface area contributed by atoms with Crippen molar-refractivity contribution in [2.75, 3.05) is 13.2 Å². The van der Waals surface area contributed by atoms with Crippen molar-refractivity contribution in [2.45, 2.75) is 64.8 Å². The zero-order chi connectivity index (χ0) is 15.0. The van der Waals surface area contributed by atoms with Gasteiger partial charge in [0, 0.05) is 12.6 Å². The number of hydrogen-bond donors (Lipinski definition) is 1. The van der Waals surface area contributed by atoms with Crippen molar-refractivity contribution in [2.24, 2.45) is 5.92 Å². The minimum atomic E-state index is -0.745. The van der Waals surface area contributed by atoms with Crippen LogP contribution < -0.4 is 0 Å². The van der Waals surface area contributed by atoms with Crippen LogP contribution in [0, 0.1) is 5.92 Å². The largest absolute Gasteiger partial charge is 0.481 e. The van der Waals surface area contributed by atoms with Crippen LogP contribution in [0.3, 0.4) is 0 Å². The molecule has 0 aliphatic carbocycles. The van der Waals surface area contributed by atoms with Gasteiger partial charge < -0.3 is 14.7 Å². The van der Waals surface area contributed by atoms with Gasteiger partial charge in [0.25, 0.3) is 0 Å². The van der Waals surface area contributed by atoms with Gasteiger partial charge >= 0.3 is 12.1 Å². The normalized spacial score (nSPS) is 22.6. The van der Waals surface area contributed by atoms with Crippen molar-refractivity contribution in [1.82, 2.24) is 4.90 Å². The smallest absolute Gasteiger partial charge is 0.410 e. The van der Waals surface area contributed by atoms with Crippen LogP contribution >= 0.6 is 0 Å². The number of hydrogen-bond acceptors (Lipinski definition) is 3. The van der Waals surface area contributed by atoms with Crippen molar-refractivity contribution in [1.29, 1.82) is 0 Å². The van der Waals surface area contributed by atoms with Gasteiger partial charge in [-0.1, -0.05) is 33.1 Å². The number of carboxylic acid groups (broad SMARTS) is 1. The molecule has 0 spiro atoms. The third-order valence-corrected chi connectivity index (χ3v) is 3.91. The van der Waals surface area contributed by atoms with Gasteiger partial charge in [-0.15, -0.1) is 0 Å². The summed E-state index contributed by atoms with van der Waals surface area (Å²) >= 11 is 0. The second kappa shape index (κ2) is 8.82. The van der Waals surface area contributed by atoms with Crippen molar-refractivity contribution >= 4 is 12.1 Å². The number of aliphatic carboxylic acids is 1. The first kappa shape index (κ1) is 16.8. The minimum Gasteiger partial charge on any atom is -0.481 e. The molecule has 1 aliphatic heterocycles. The topological polar surface area (TPSA) is 66.8 Å². The summed E-state index contributed by atoms with van der Waals surface area (Å²) in [6.07, 6.45) is 5.60. The number of nitrogens with zero attached hydrogens (tertiary/aromatic N) is 1. The first-order valence-corrected chi connectivity index (χ1v) is 7.76. The van der Waals surface area contributed by atoms with E-state index in [4.69, 9.17) is 9.84 Å². The molecule has 0 aromatic rings. The van der Waals surface area contributed by atoms with Crippen molar-refractivity contribution < 1.29 is 19.4 Å². The van der Waals surface area contributed by atoms with Crippen LogP contribution in [-0.2, 0) is 9.53 Å². The number of unbranched alkanes of at least 4 members (excludes halogenated alkanes) is 2. The molecule has 1 N–H and O–H groups in total. The number of carbonyl (C=O) groups is 2. The standard InChI is InChI=1S/C15H27NO4/c1-3-5-7-13-11-12(14(17)18)8-9-16(13)15(19)20-10-6-4-2/h12-13H,3-11H2,1-2H3,(H,17,18). The zero-order valence-electron chi connectivity index (χ0n) is 12.6. The van der Waals surface area contributed by atoms with E-state index in [2.05, 4.69) is 13.8 Å². The van der Waals surface area contributed by atoms with Gasteiger partial charge in [-0.05, 0) is 25.7 Å². The Bertz CT molecular complexity index is 319. The summed E-state index contributed by atoms with van der Waals surface area (Å²) in [6, 6.07) is 0.0129. The molecule has 1 amide bonds. The number of rotatable bonds is 7. The van der Waals surface area contributed by atoms with Crippen LogP contribution in [0.1, 0.15) is 58.8 Å². The quantitative estimate of drug-likeness (QED) is 0.729. The van der Waals surface area contributed by atoms with E-state index in [0.29, 0.717) is 26.0 Å². The number of ether oxygens (including phenoxy) is 1. The van der Waals surface area contributed by atoms with Gasteiger partial charge in [0.15, 0.2) is 0 Å². The summed E-state index contributed by atoms with van der Waals surface area (Å²) in [6.45, 7) is 5.10. The Balaban J connectivity index is 2.57. The maximum absolute atomic E-state index is 12.1. The Morgan fingerprint density at radius 3 is 2.55 bits per heavy atom. The highest BCUT2D eigenvalue weighted by Crippen LogP contribution is 2.27. The maximum Gasteiger partial charge on any atom is 0.410 e. The third-order valence-electron chi connectivity index (χ3n) is 3.91. The predicted molar refractivity (Wildman–Crippen MR) is 76.6 cm³/mol. The molecule has 1 saturated heterocycles. The predicted octanol–water partition coefficient (Wildman–Crippen LogP) is 3.28.